The molecule has 0 aliphatic carbocycles. The lowest BCUT2D eigenvalue weighted by Gasteiger charge is -2.25. The third-order valence-corrected chi connectivity index (χ3v) is 5.00. The number of carbonyl (C=O) groups excluding carboxylic acids is 1. The van der Waals surface area contributed by atoms with Crippen LogP contribution in [0.3, 0.4) is 0 Å². The number of nitrogens with one attached hydrogen (secondary N) is 1. The summed E-state index contributed by atoms with van der Waals surface area (Å²) in [6.45, 7) is 7.19. The predicted octanol–water partition coefficient (Wildman–Crippen LogP) is 3.30. The van der Waals surface area contributed by atoms with Gasteiger partial charge in [-0.1, -0.05) is 18.2 Å². The number of carbonyl (C=O) groups is 1. The van der Waals surface area contributed by atoms with Crippen molar-refractivity contribution < 1.29 is 9.53 Å². The minimum Gasteiger partial charge on any atom is -0.493 e. The van der Waals surface area contributed by atoms with Gasteiger partial charge < -0.3 is 10.1 Å². The Morgan fingerprint density at radius 2 is 2.19 bits per heavy atom. The fourth-order valence-electron chi connectivity index (χ4n) is 3.53. The van der Waals surface area contributed by atoms with Crippen molar-refractivity contribution in [2.75, 3.05) is 13.2 Å². The van der Waals surface area contributed by atoms with Gasteiger partial charge in [-0.25, -0.2) is 9.67 Å². The molecule has 6 nitrogen and oxygen atoms in total. The van der Waals surface area contributed by atoms with Gasteiger partial charge in [0.1, 0.15) is 5.75 Å². The zero-order valence-corrected chi connectivity index (χ0v) is 15.9. The van der Waals surface area contributed by atoms with Crippen LogP contribution in [0.25, 0.3) is 11.0 Å². The molecule has 1 amide bonds. The molecule has 1 aliphatic heterocycles. The minimum atomic E-state index is -0.0990. The number of pyridine rings is 1. The molecule has 1 aromatic carbocycles. The number of benzene rings is 1. The summed E-state index contributed by atoms with van der Waals surface area (Å²) in [6, 6.07) is 10.2. The maximum Gasteiger partial charge on any atom is 0.253 e. The predicted molar refractivity (Wildman–Crippen MR) is 104 cm³/mol. The lowest BCUT2D eigenvalue weighted by atomic mass is 9.96. The van der Waals surface area contributed by atoms with Gasteiger partial charge in [0.2, 0.25) is 0 Å². The van der Waals surface area contributed by atoms with Crippen LogP contribution in [0, 0.1) is 12.8 Å². The molecule has 1 N–H and O–H groups in total. The molecular weight excluding hydrogens is 340 g/mol. The first-order valence-electron chi connectivity index (χ1n) is 9.36. The highest BCUT2D eigenvalue weighted by molar-refractivity contribution is 5.98. The van der Waals surface area contributed by atoms with E-state index in [2.05, 4.69) is 35.3 Å². The van der Waals surface area contributed by atoms with Gasteiger partial charge in [-0.2, -0.15) is 5.10 Å². The quantitative estimate of drug-likeness (QED) is 0.771. The van der Waals surface area contributed by atoms with Crippen LogP contribution in [0.1, 0.15) is 41.5 Å². The third kappa shape index (κ3) is 3.39. The normalized spacial score (nSPS) is 16.2. The van der Waals surface area contributed by atoms with Crippen molar-refractivity contribution >= 4 is 16.9 Å². The number of ether oxygens (including phenoxy) is 1. The number of amides is 1. The highest BCUT2D eigenvalue weighted by Gasteiger charge is 2.21. The lowest BCUT2D eigenvalue weighted by Crippen LogP contribution is -2.35. The Labute approximate surface area is 158 Å². The highest BCUT2D eigenvalue weighted by atomic mass is 16.5. The smallest absolute Gasteiger partial charge is 0.253 e. The van der Waals surface area contributed by atoms with E-state index in [1.807, 2.05) is 35.9 Å². The van der Waals surface area contributed by atoms with Gasteiger partial charge >= 0.3 is 0 Å². The molecule has 6 heteroatoms. The molecular formula is C21H24N4O2. The highest BCUT2D eigenvalue weighted by Crippen LogP contribution is 2.26. The summed E-state index contributed by atoms with van der Waals surface area (Å²) >= 11 is 0. The van der Waals surface area contributed by atoms with E-state index in [1.54, 1.807) is 6.20 Å². The van der Waals surface area contributed by atoms with Crippen molar-refractivity contribution in [3.63, 3.8) is 0 Å². The molecule has 0 saturated heterocycles. The Bertz CT molecular complexity index is 993. The average molecular weight is 364 g/mol. The molecule has 27 heavy (non-hydrogen) atoms. The van der Waals surface area contributed by atoms with Crippen molar-refractivity contribution in [3.8, 4) is 5.75 Å². The van der Waals surface area contributed by atoms with Crippen LogP contribution < -0.4 is 10.1 Å². The largest absolute Gasteiger partial charge is 0.493 e. The van der Waals surface area contributed by atoms with E-state index < -0.39 is 0 Å². The van der Waals surface area contributed by atoms with E-state index in [9.17, 15) is 4.79 Å². The van der Waals surface area contributed by atoms with Crippen LogP contribution in [0.15, 0.2) is 36.5 Å². The number of hydrogen-bond acceptors (Lipinski definition) is 4. The Hall–Kier alpha value is -2.89. The van der Waals surface area contributed by atoms with E-state index in [1.165, 1.54) is 5.56 Å². The molecule has 2 aromatic heterocycles. The molecule has 140 valence electrons. The molecule has 1 atom stereocenters. The number of fused-ring (bicyclic) bond motifs is 2. The van der Waals surface area contributed by atoms with E-state index in [0.717, 1.165) is 23.2 Å². The topological polar surface area (TPSA) is 69.0 Å². The van der Waals surface area contributed by atoms with Crippen LogP contribution in [-0.2, 0) is 6.42 Å². The van der Waals surface area contributed by atoms with Gasteiger partial charge in [-0.05, 0) is 44.9 Å². The summed E-state index contributed by atoms with van der Waals surface area (Å²) in [4.78, 5) is 17.3. The second-order valence-corrected chi connectivity index (χ2v) is 7.42. The fourth-order valence-corrected chi connectivity index (χ4v) is 3.53. The molecule has 3 aromatic rings. The molecule has 0 spiro atoms. The summed E-state index contributed by atoms with van der Waals surface area (Å²) < 4.78 is 7.68. The van der Waals surface area contributed by atoms with E-state index in [4.69, 9.17) is 4.74 Å². The molecule has 0 fully saturated rings. The van der Waals surface area contributed by atoms with E-state index in [0.29, 0.717) is 24.4 Å². The van der Waals surface area contributed by atoms with Gasteiger partial charge in [-0.3, -0.25) is 4.79 Å². The number of para-hydroxylation sites is 1. The number of rotatable bonds is 4. The van der Waals surface area contributed by atoms with Crippen LogP contribution >= 0.6 is 0 Å². The van der Waals surface area contributed by atoms with Crippen molar-refractivity contribution in [2.24, 2.45) is 5.92 Å². The van der Waals surface area contributed by atoms with Crippen LogP contribution in [0.2, 0.25) is 0 Å². The van der Waals surface area contributed by atoms with Gasteiger partial charge in [0, 0.05) is 23.9 Å². The number of aromatic nitrogens is 3. The second-order valence-electron chi connectivity index (χ2n) is 7.42. The van der Waals surface area contributed by atoms with Gasteiger partial charge in [0.05, 0.1) is 24.1 Å². The Morgan fingerprint density at radius 1 is 1.37 bits per heavy atom. The maximum absolute atomic E-state index is 12.7. The molecule has 4 rings (SSSR count). The standard InChI is InChI=1S/C21H24N4O2/c1-13(2)25-20-17(11-23-25)9-18(14(3)24-20)21(26)22-10-15-8-16-6-4-5-7-19(16)27-12-15/h4-7,9,11,13,15H,8,10,12H2,1-3H3,(H,22,26). The van der Waals surface area contributed by atoms with Crippen molar-refractivity contribution in [2.45, 2.75) is 33.2 Å². The monoisotopic (exact) mass is 364 g/mol. The SMILES string of the molecule is Cc1nc2c(cnn2C(C)C)cc1C(=O)NCC1COc2ccccc2C1. The first-order chi connectivity index (χ1) is 13.0. The molecule has 0 bridgehead atoms. The zero-order valence-electron chi connectivity index (χ0n) is 15.9. The zero-order chi connectivity index (χ0) is 19.0. The Kier molecular flexibility index (Phi) is 4.56. The van der Waals surface area contributed by atoms with Crippen LogP contribution in [0.4, 0.5) is 0 Å². The first kappa shape index (κ1) is 17.5. The number of aryl methyl sites for hydroxylation is 1. The summed E-state index contributed by atoms with van der Waals surface area (Å²) in [6.07, 6.45) is 2.68. The summed E-state index contributed by atoms with van der Waals surface area (Å²) in [5, 5.41) is 8.32. The van der Waals surface area contributed by atoms with E-state index in [-0.39, 0.29) is 17.9 Å². The fraction of sp³-hybridized carbons (Fsp3) is 0.381. The van der Waals surface area contributed by atoms with Crippen LogP contribution in [0.5, 0.6) is 5.75 Å². The molecule has 3 heterocycles. The Morgan fingerprint density at radius 3 is 3.00 bits per heavy atom. The van der Waals surface area contributed by atoms with Crippen molar-refractivity contribution in [1.82, 2.24) is 20.1 Å². The van der Waals surface area contributed by atoms with Gasteiger partial charge in [-0.15, -0.1) is 0 Å². The lowest BCUT2D eigenvalue weighted by molar-refractivity contribution is 0.0938. The minimum absolute atomic E-state index is 0.0990. The van der Waals surface area contributed by atoms with Crippen molar-refractivity contribution in [3.05, 3.63) is 53.3 Å². The average Bonchev–Trinajstić information content (AvgIpc) is 3.08. The van der Waals surface area contributed by atoms with Gasteiger partial charge in [0.15, 0.2) is 5.65 Å². The van der Waals surface area contributed by atoms with Crippen LogP contribution in [-0.4, -0.2) is 33.8 Å². The molecule has 1 aliphatic rings. The Balaban J connectivity index is 1.46. The molecule has 1 unspecified atom stereocenters. The number of hydrogen-bond donors (Lipinski definition) is 1. The third-order valence-electron chi connectivity index (χ3n) is 5.00. The summed E-state index contributed by atoms with van der Waals surface area (Å²) in [5.74, 6) is 1.12. The molecule has 0 saturated carbocycles. The van der Waals surface area contributed by atoms with E-state index >= 15 is 0 Å². The summed E-state index contributed by atoms with van der Waals surface area (Å²) in [7, 11) is 0. The van der Waals surface area contributed by atoms with Crippen molar-refractivity contribution in [1.29, 1.82) is 0 Å². The summed E-state index contributed by atoms with van der Waals surface area (Å²) in [5.41, 5.74) is 3.33. The maximum atomic E-state index is 12.7. The van der Waals surface area contributed by atoms with Gasteiger partial charge in [0.25, 0.3) is 5.91 Å². The second kappa shape index (κ2) is 7.02. The first-order valence-corrected chi connectivity index (χ1v) is 9.36. The number of nitrogens with zero attached hydrogens (tertiary/aromatic N) is 3. The molecule has 0 radical (unpaired) electrons.